The molecular weight excluding hydrogens is 428 g/mol. The van der Waals surface area contributed by atoms with Crippen LogP contribution in [0.25, 0.3) is 22.3 Å². The van der Waals surface area contributed by atoms with Crippen molar-refractivity contribution in [1.29, 1.82) is 0 Å². The molecule has 0 unspecified atom stereocenters. The number of carbonyl (C=O) groups is 2. The third-order valence-electron chi connectivity index (χ3n) is 5.72. The van der Waals surface area contributed by atoms with E-state index in [1.54, 1.807) is 22.7 Å². The zero-order chi connectivity index (χ0) is 24.2. The first-order valence-corrected chi connectivity index (χ1v) is 11.3. The Hall–Kier alpha value is -4.00. The van der Waals surface area contributed by atoms with Crippen LogP contribution < -0.4 is 0 Å². The lowest BCUT2D eigenvalue weighted by molar-refractivity contribution is -0.136. The summed E-state index contributed by atoms with van der Waals surface area (Å²) in [5.74, 6) is -0.818. The minimum atomic E-state index is -0.572. The van der Waals surface area contributed by atoms with E-state index in [9.17, 15) is 9.59 Å². The molecule has 2 heterocycles. The van der Waals surface area contributed by atoms with Crippen LogP contribution in [0.5, 0.6) is 0 Å². The molecule has 4 aromatic rings. The van der Waals surface area contributed by atoms with Crippen LogP contribution in [0.15, 0.2) is 66.7 Å². The van der Waals surface area contributed by atoms with Gasteiger partial charge in [-0.15, -0.1) is 0 Å². The second-order valence-corrected chi connectivity index (χ2v) is 8.51. The van der Waals surface area contributed by atoms with E-state index in [4.69, 9.17) is 9.72 Å². The zero-order valence-electron chi connectivity index (χ0n) is 19.9. The van der Waals surface area contributed by atoms with Crippen LogP contribution in [0.2, 0.25) is 0 Å². The number of benzene rings is 2. The summed E-state index contributed by atoms with van der Waals surface area (Å²) in [6, 6.07) is 21.0. The van der Waals surface area contributed by atoms with E-state index in [-0.39, 0.29) is 18.6 Å². The second-order valence-electron chi connectivity index (χ2n) is 8.51. The monoisotopic (exact) mass is 456 g/mol. The summed E-state index contributed by atoms with van der Waals surface area (Å²) in [6.07, 6.45) is 0. The van der Waals surface area contributed by atoms with Crippen LogP contribution in [-0.4, -0.2) is 44.2 Å². The van der Waals surface area contributed by atoms with Gasteiger partial charge in [-0.05, 0) is 32.4 Å². The van der Waals surface area contributed by atoms with Crippen molar-refractivity contribution in [2.24, 2.45) is 7.05 Å². The maximum Gasteiger partial charge on any atom is 0.339 e. The van der Waals surface area contributed by atoms with Gasteiger partial charge in [0.15, 0.2) is 12.3 Å². The largest absolute Gasteiger partial charge is 0.452 e. The van der Waals surface area contributed by atoms with Crippen molar-refractivity contribution in [1.82, 2.24) is 19.7 Å². The normalized spacial score (nSPS) is 11.1. The molecule has 0 spiro atoms. The van der Waals surface area contributed by atoms with E-state index in [1.165, 1.54) is 0 Å². The molecule has 0 saturated carbocycles. The number of aryl methyl sites for hydroxylation is 2. The molecule has 1 amide bonds. The van der Waals surface area contributed by atoms with Crippen LogP contribution in [0, 0.1) is 6.92 Å². The minimum Gasteiger partial charge on any atom is -0.452 e. The summed E-state index contributed by atoms with van der Waals surface area (Å²) in [7, 11) is 1.79. The molecule has 7 nitrogen and oxygen atoms in total. The molecular formula is C27H28N4O3. The average Bonchev–Trinajstić information content (AvgIpc) is 3.14. The van der Waals surface area contributed by atoms with Crippen LogP contribution in [-0.2, 0) is 23.1 Å². The van der Waals surface area contributed by atoms with Gasteiger partial charge in [0.2, 0.25) is 0 Å². The van der Waals surface area contributed by atoms with Gasteiger partial charge in [-0.25, -0.2) is 9.78 Å². The van der Waals surface area contributed by atoms with E-state index in [0.29, 0.717) is 34.5 Å². The van der Waals surface area contributed by atoms with Gasteiger partial charge in [0.05, 0.1) is 22.3 Å². The zero-order valence-corrected chi connectivity index (χ0v) is 19.9. The summed E-state index contributed by atoms with van der Waals surface area (Å²) >= 11 is 0. The van der Waals surface area contributed by atoms with Crippen molar-refractivity contribution >= 4 is 22.9 Å². The van der Waals surface area contributed by atoms with Gasteiger partial charge >= 0.3 is 5.97 Å². The molecule has 2 aromatic heterocycles. The first-order chi connectivity index (χ1) is 16.3. The van der Waals surface area contributed by atoms with Crippen LogP contribution in [0.4, 0.5) is 0 Å². The molecule has 0 aliphatic rings. The summed E-state index contributed by atoms with van der Waals surface area (Å²) in [6.45, 7) is 5.83. The molecule has 0 bridgehead atoms. The smallest absolute Gasteiger partial charge is 0.339 e. The Kier molecular flexibility index (Phi) is 6.72. The number of fused-ring (bicyclic) bond motifs is 1. The molecule has 174 valence electrons. The fourth-order valence-corrected chi connectivity index (χ4v) is 3.99. The minimum absolute atomic E-state index is 0.0377. The van der Waals surface area contributed by atoms with E-state index in [0.717, 1.165) is 11.1 Å². The predicted molar refractivity (Wildman–Crippen MR) is 131 cm³/mol. The number of nitrogens with zero attached hydrogens (tertiary/aromatic N) is 4. The molecule has 0 aliphatic carbocycles. The number of carbonyl (C=O) groups excluding carboxylic acids is 2. The molecule has 0 atom stereocenters. The number of hydrogen-bond donors (Lipinski definition) is 0. The van der Waals surface area contributed by atoms with Gasteiger partial charge < -0.3 is 9.64 Å². The average molecular weight is 457 g/mol. The summed E-state index contributed by atoms with van der Waals surface area (Å²) in [4.78, 5) is 32.6. The first-order valence-electron chi connectivity index (χ1n) is 11.3. The maximum atomic E-state index is 13.2. The van der Waals surface area contributed by atoms with Crippen LogP contribution in [0.1, 0.15) is 35.5 Å². The number of rotatable bonds is 7. The fraction of sp³-hybridized carbons (Fsp3) is 0.259. The number of amides is 1. The van der Waals surface area contributed by atoms with Gasteiger partial charge in [0, 0.05) is 25.2 Å². The third kappa shape index (κ3) is 4.83. The molecule has 7 heteroatoms. The van der Waals surface area contributed by atoms with Crippen molar-refractivity contribution < 1.29 is 14.3 Å². The maximum absolute atomic E-state index is 13.2. The van der Waals surface area contributed by atoms with Crippen molar-refractivity contribution in [3.8, 4) is 11.3 Å². The van der Waals surface area contributed by atoms with Crippen molar-refractivity contribution in [3.05, 3.63) is 83.6 Å². The predicted octanol–water partition coefficient (Wildman–Crippen LogP) is 4.54. The molecule has 0 radical (unpaired) electrons. The standard InChI is InChI=1S/C27H28N4O3/c1-18(2)31(16-20-11-7-5-8-12-20)24(32)17-34-27(33)22-15-23(21-13-9-6-10-14-21)28-26-25(22)19(3)29-30(26)4/h5-15,18H,16-17H2,1-4H3. The molecule has 0 fully saturated rings. The molecule has 0 saturated heterocycles. The number of esters is 1. The molecule has 34 heavy (non-hydrogen) atoms. The number of aromatic nitrogens is 3. The Bertz CT molecular complexity index is 1310. The highest BCUT2D eigenvalue weighted by molar-refractivity contribution is 6.05. The third-order valence-corrected chi connectivity index (χ3v) is 5.72. The SMILES string of the molecule is Cc1nn(C)c2nc(-c3ccccc3)cc(C(=O)OCC(=O)N(Cc3ccccc3)C(C)C)c12. The van der Waals surface area contributed by atoms with Crippen molar-refractivity contribution in [2.75, 3.05) is 6.61 Å². The summed E-state index contributed by atoms with van der Waals surface area (Å²) in [5, 5.41) is 5.06. The van der Waals surface area contributed by atoms with Gasteiger partial charge in [0.25, 0.3) is 5.91 Å². The van der Waals surface area contributed by atoms with Gasteiger partial charge in [-0.3, -0.25) is 9.48 Å². The highest BCUT2D eigenvalue weighted by atomic mass is 16.5. The van der Waals surface area contributed by atoms with Crippen molar-refractivity contribution in [3.63, 3.8) is 0 Å². The fourth-order valence-electron chi connectivity index (χ4n) is 3.99. The Balaban J connectivity index is 1.59. The molecule has 0 N–H and O–H groups in total. The van der Waals surface area contributed by atoms with Crippen molar-refractivity contribution in [2.45, 2.75) is 33.4 Å². The summed E-state index contributed by atoms with van der Waals surface area (Å²) in [5.41, 5.74) is 4.15. The van der Waals surface area contributed by atoms with Gasteiger partial charge in [-0.1, -0.05) is 60.7 Å². The first kappa shape index (κ1) is 23.2. The lowest BCUT2D eigenvalue weighted by Crippen LogP contribution is -2.39. The highest BCUT2D eigenvalue weighted by Crippen LogP contribution is 2.27. The Morgan fingerprint density at radius 1 is 1.03 bits per heavy atom. The number of pyridine rings is 1. The molecule has 4 rings (SSSR count). The van der Waals surface area contributed by atoms with Crippen LogP contribution in [0.3, 0.4) is 0 Å². The van der Waals surface area contributed by atoms with Gasteiger partial charge in [-0.2, -0.15) is 5.10 Å². The molecule has 2 aromatic carbocycles. The van der Waals surface area contributed by atoms with Gasteiger partial charge in [0.1, 0.15) is 0 Å². The number of hydrogen-bond acceptors (Lipinski definition) is 5. The molecule has 0 aliphatic heterocycles. The lowest BCUT2D eigenvalue weighted by Gasteiger charge is -2.26. The topological polar surface area (TPSA) is 77.3 Å². The Morgan fingerprint density at radius 2 is 1.68 bits per heavy atom. The van der Waals surface area contributed by atoms with Crippen LogP contribution >= 0.6 is 0 Å². The summed E-state index contributed by atoms with van der Waals surface area (Å²) < 4.78 is 7.18. The lowest BCUT2D eigenvalue weighted by atomic mass is 10.1. The Labute approximate surface area is 199 Å². The van der Waals surface area contributed by atoms with E-state index in [2.05, 4.69) is 5.10 Å². The second kappa shape index (κ2) is 9.87. The highest BCUT2D eigenvalue weighted by Gasteiger charge is 2.23. The van der Waals surface area contributed by atoms with E-state index in [1.807, 2.05) is 81.4 Å². The number of ether oxygens (including phenoxy) is 1. The Morgan fingerprint density at radius 3 is 2.32 bits per heavy atom. The van der Waals surface area contributed by atoms with E-state index < -0.39 is 5.97 Å². The van der Waals surface area contributed by atoms with E-state index >= 15 is 0 Å². The quantitative estimate of drug-likeness (QED) is 0.382.